The van der Waals surface area contributed by atoms with Gasteiger partial charge in [0.05, 0.1) is 11.3 Å². The monoisotopic (exact) mass is 468 g/mol. The van der Waals surface area contributed by atoms with Gasteiger partial charge in [-0.2, -0.15) is 0 Å². The fourth-order valence-corrected chi connectivity index (χ4v) is 4.17. The molecule has 8 heteroatoms. The Bertz CT molecular complexity index is 1210. The number of rotatable bonds is 5. The first kappa shape index (κ1) is 22.9. The minimum Gasteiger partial charge on any atom is -0.487 e. The molecule has 1 atom stereocenters. The number of amides is 1. The summed E-state index contributed by atoms with van der Waals surface area (Å²) in [5.41, 5.74) is 2.24. The van der Waals surface area contributed by atoms with E-state index in [-0.39, 0.29) is 17.4 Å². The quantitative estimate of drug-likeness (QED) is 0.491. The normalized spacial score (nSPS) is 15.4. The number of hydrogen-bond acceptors (Lipinski definition) is 5. The molecule has 7 nitrogen and oxygen atoms in total. The van der Waals surface area contributed by atoms with Crippen molar-refractivity contribution in [2.24, 2.45) is 0 Å². The van der Waals surface area contributed by atoms with E-state index in [2.05, 4.69) is 4.98 Å². The highest BCUT2D eigenvalue weighted by Gasteiger charge is 2.37. The second-order valence-corrected chi connectivity index (χ2v) is 9.26. The maximum absolute atomic E-state index is 13.0. The Morgan fingerprint density at radius 1 is 1.21 bits per heavy atom. The van der Waals surface area contributed by atoms with Crippen LogP contribution in [0.3, 0.4) is 0 Å². The number of alkyl halides is 1. The van der Waals surface area contributed by atoms with E-state index in [4.69, 9.17) is 21.1 Å². The highest BCUT2D eigenvalue weighted by molar-refractivity contribution is 6.19. The molecule has 1 N–H and O–H groups in total. The van der Waals surface area contributed by atoms with E-state index in [1.54, 1.807) is 32.9 Å². The van der Waals surface area contributed by atoms with Crippen molar-refractivity contribution in [3.63, 3.8) is 0 Å². The molecule has 1 amide bonds. The molecule has 1 aromatic heterocycles. The van der Waals surface area contributed by atoms with Gasteiger partial charge in [0, 0.05) is 36.0 Å². The number of carboxylic acids is 1. The number of fused-ring (bicyclic) bond motifs is 3. The van der Waals surface area contributed by atoms with Gasteiger partial charge >= 0.3 is 12.1 Å². The van der Waals surface area contributed by atoms with Crippen LogP contribution in [-0.2, 0) is 11.3 Å². The van der Waals surface area contributed by atoms with Gasteiger partial charge in [-0.15, -0.1) is 11.6 Å². The summed E-state index contributed by atoms with van der Waals surface area (Å²) in [5.74, 6) is -0.583. The van der Waals surface area contributed by atoms with Crippen LogP contribution in [0.2, 0.25) is 0 Å². The second-order valence-electron chi connectivity index (χ2n) is 8.95. The molecule has 1 aliphatic heterocycles. The molecule has 0 radical (unpaired) electrons. The fourth-order valence-electron chi connectivity index (χ4n) is 3.92. The van der Waals surface area contributed by atoms with Crippen LogP contribution in [0.5, 0.6) is 5.75 Å². The summed E-state index contributed by atoms with van der Waals surface area (Å²) in [6.07, 6.45) is 0.815. The number of benzene rings is 2. The van der Waals surface area contributed by atoms with Gasteiger partial charge in [0.25, 0.3) is 0 Å². The molecule has 0 unspecified atom stereocenters. The molecule has 1 aliphatic rings. The fraction of sp³-hybridized carbons (Fsp3) is 0.320. The Kier molecular flexibility index (Phi) is 6.17. The Morgan fingerprint density at radius 2 is 1.94 bits per heavy atom. The van der Waals surface area contributed by atoms with Crippen molar-refractivity contribution in [3.05, 3.63) is 65.4 Å². The molecule has 172 valence electrons. The van der Waals surface area contributed by atoms with Gasteiger partial charge in [-0.25, -0.2) is 9.59 Å². The molecule has 33 heavy (non-hydrogen) atoms. The van der Waals surface area contributed by atoms with Gasteiger partial charge in [-0.05, 0) is 38.0 Å². The molecular formula is C25H25ClN2O5. The number of carbonyl (C=O) groups is 2. The van der Waals surface area contributed by atoms with E-state index in [1.807, 2.05) is 30.3 Å². The summed E-state index contributed by atoms with van der Waals surface area (Å²) in [4.78, 5) is 30.6. The summed E-state index contributed by atoms with van der Waals surface area (Å²) in [5, 5.41) is 10.1. The Labute approximate surface area is 196 Å². The zero-order valence-corrected chi connectivity index (χ0v) is 19.4. The average Bonchev–Trinajstić information content (AvgIpc) is 3.15. The van der Waals surface area contributed by atoms with Crippen LogP contribution in [0.1, 0.15) is 48.2 Å². The van der Waals surface area contributed by atoms with Crippen molar-refractivity contribution < 1.29 is 24.2 Å². The predicted molar refractivity (Wildman–Crippen MR) is 127 cm³/mol. The zero-order valence-electron chi connectivity index (χ0n) is 18.7. The third-order valence-corrected chi connectivity index (χ3v) is 5.71. The Hall–Kier alpha value is -3.32. The minimum absolute atomic E-state index is 0.0500. The van der Waals surface area contributed by atoms with Gasteiger partial charge in [0.2, 0.25) is 0 Å². The van der Waals surface area contributed by atoms with Crippen molar-refractivity contribution in [3.8, 4) is 5.75 Å². The molecule has 0 spiro atoms. The lowest BCUT2D eigenvalue weighted by Gasteiger charge is -2.25. The van der Waals surface area contributed by atoms with Crippen molar-refractivity contribution in [2.45, 2.75) is 38.9 Å². The van der Waals surface area contributed by atoms with Crippen LogP contribution in [0.15, 0.2) is 48.7 Å². The van der Waals surface area contributed by atoms with Crippen molar-refractivity contribution >= 4 is 40.3 Å². The number of nitrogens with zero attached hydrogens (tertiary/aromatic N) is 2. The van der Waals surface area contributed by atoms with Crippen LogP contribution in [0, 0.1) is 0 Å². The first-order valence-corrected chi connectivity index (χ1v) is 11.1. The van der Waals surface area contributed by atoms with Gasteiger partial charge < -0.3 is 14.6 Å². The smallest absolute Gasteiger partial charge is 0.414 e. The topological polar surface area (TPSA) is 89.0 Å². The van der Waals surface area contributed by atoms with E-state index in [9.17, 15) is 14.7 Å². The molecule has 0 saturated heterocycles. The number of ether oxygens (including phenoxy) is 2. The lowest BCUT2D eigenvalue weighted by atomic mass is 9.96. The first-order chi connectivity index (χ1) is 15.7. The zero-order chi connectivity index (χ0) is 23.8. The van der Waals surface area contributed by atoms with E-state index in [0.717, 1.165) is 11.1 Å². The van der Waals surface area contributed by atoms with Crippen molar-refractivity contribution in [2.75, 3.05) is 17.3 Å². The molecule has 0 saturated carbocycles. The summed E-state index contributed by atoms with van der Waals surface area (Å²) < 4.78 is 11.7. The number of halogens is 1. The Balaban J connectivity index is 1.85. The van der Waals surface area contributed by atoms with Crippen LogP contribution in [0.25, 0.3) is 10.9 Å². The highest BCUT2D eigenvalue weighted by atomic mass is 35.5. The van der Waals surface area contributed by atoms with Crippen molar-refractivity contribution in [1.29, 1.82) is 0 Å². The average molecular weight is 469 g/mol. The minimum atomic E-state index is -1.09. The molecule has 2 aromatic carbocycles. The maximum atomic E-state index is 13.0. The van der Waals surface area contributed by atoms with E-state index in [1.165, 1.54) is 11.1 Å². The predicted octanol–water partition coefficient (Wildman–Crippen LogP) is 5.59. The molecule has 2 heterocycles. The Morgan fingerprint density at radius 3 is 2.58 bits per heavy atom. The number of carboxylic acid groups (broad SMARTS) is 1. The first-order valence-electron chi connectivity index (χ1n) is 10.6. The number of aromatic nitrogens is 1. The van der Waals surface area contributed by atoms with Crippen LogP contribution < -0.4 is 9.64 Å². The maximum Gasteiger partial charge on any atom is 0.414 e. The molecule has 0 aliphatic carbocycles. The third-order valence-electron chi connectivity index (χ3n) is 5.34. The number of hydrogen-bond donors (Lipinski definition) is 1. The number of aromatic carboxylic acids is 1. The van der Waals surface area contributed by atoms with E-state index >= 15 is 0 Å². The number of pyridine rings is 1. The van der Waals surface area contributed by atoms with Crippen LogP contribution >= 0.6 is 11.6 Å². The summed E-state index contributed by atoms with van der Waals surface area (Å²) in [6.45, 7) is 6.03. The summed E-state index contributed by atoms with van der Waals surface area (Å²) in [7, 11) is 0. The molecule has 3 aromatic rings. The van der Waals surface area contributed by atoms with Gasteiger partial charge in [0.1, 0.15) is 23.5 Å². The largest absolute Gasteiger partial charge is 0.487 e. The third kappa shape index (κ3) is 4.73. The molecular weight excluding hydrogens is 444 g/mol. The number of anilines is 1. The number of carbonyl (C=O) groups excluding carboxylic acids is 1. The molecule has 0 bridgehead atoms. The van der Waals surface area contributed by atoms with E-state index < -0.39 is 17.7 Å². The summed E-state index contributed by atoms with van der Waals surface area (Å²) in [6, 6.07) is 13.0. The SMILES string of the molecule is CC(C)(C)OC(=O)N1C[C@@H](CCl)c2c1cc(OCc1ccccc1)c1ncc(C(=O)O)cc21. The lowest BCUT2D eigenvalue weighted by molar-refractivity contribution is 0.0581. The summed E-state index contributed by atoms with van der Waals surface area (Å²) >= 11 is 6.28. The van der Waals surface area contributed by atoms with Crippen LogP contribution in [-0.4, -0.2) is 40.2 Å². The highest BCUT2D eigenvalue weighted by Crippen LogP contribution is 2.45. The standard InChI is InChI=1S/C25H25ClN2O5/c1-25(2,3)33-24(31)28-13-17(11-26)21-18-9-16(23(29)30)12-27-22(18)20(10-19(21)28)32-14-15-7-5-4-6-8-15/h4-10,12,17H,11,13-14H2,1-3H3,(H,29,30)/t17-/m1/s1. The second kappa shape index (κ2) is 8.90. The molecule has 0 fully saturated rings. The van der Waals surface area contributed by atoms with Gasteiger partial charge in [-0.3, -0.25) is 9.88 Å². The van der Waals surface area contributed by atoms with Crippen molar-refractivity contribution in [1.82, 2.24) is 4.98 Å². The van der Waals surface area contributed by atoms with Gasteiger partial charge in [-0.1, -0.05) is 30.3 Å². The van der Waals surface area contributed by atoms with E-state index in [0.29, 0.717) is 35.5 Å². The lowest BCUT2D eigenvalue weighted by Crippen LogP contribution is -2.36. The van der Waals surface area contributed by atoms with Crippen LogP contribution in [0.4, 0.5) is 10.5 Å². The molecule has 4 rings (SSSR count). The van der Waals surface area contributed by atoms with Gasteiger partial charge in [0.15, 0.2) is 0 Å².